The lowest BCUT2D eigenvalue weighted by Crippen LogP contribution is -2.11. The number of carbonyl (C=O) groups excluding carboxylic acids is 2. The molecule has 114 valence electrons. The third kappa shape index (κ3) is 3.81. The fourth-order valence-electron chi connectivity index (χ4n) is 1.92. The first-order valence-electron chi connectivity index (χ1n) is 6.45. The van der Waals surface area contributed by atoms with E-state index in [1.54, 1.807) is 25.3 Å². The summed E-state index contributed by atoms with van der Waals surface area (Å²) in [6.45, 7) is 0.325. The Morgan fingerprint density at radius 1 is 1.27 bits per heavy atom. The molecule has 0 atom stereocenters. The smallest absolute Gasteiger partial charge is 0.207 e. The Kier molecular flexibility index (Phi) is 5.86. The van der Waals surface area contributed by atoms with Gasteiger partial charge in [0.15, 0.2) is 6.29 Å². The number of ether oxygens (including phenoxy) is 1. The van der Waals surface area contributed by atoms with Gasteiger partial charge in [0, 0.05) is 21.9 Å². The number of hydrogen-bond acceptors (Lipinski definition) is 4. The largest absolute Gasteiger partial charge is 0.497 e. The lowest BCUT2D eigenvalue weighted by atomic mass is 10.2. The van der Waals surface area contributed by atoms with Crippen LogP contribution < -0.4 is 10.1 Å². The molecule has 0 unspecified atom stereocenters. The number of methoxy groups -OCH3 is 1. The van der Waals surface area contributed by atoms with E-state index in [1.165, 1.54) is 11.8 Å². The lowest BCUT2D eigenvalue weighted by molar-refractivity contribution is -0.109. The highest BCUT2D eigenvalue weighted by atomic mass is 35.5. The molecule has 0 aromatic heterocycles. The molecule has 0 radical (unpaired) electrons. The van der Waals surface area contributed by atoms with Crippen LogP contribution in [0.5, 0.6) is 5.75 Å². The van der Waals surface area contributed by atoms with Crippen molar-refractivity contribution in [1.82, 2.24) is 5.32 Å². The van der Waals surface area contributed by atoms with Crippen LogP contribution in [-0.4, -0.2) is 19.8 Å². The quantitative estimate of drug-likeness (QED) is 0.786. The summed E-state index contributed by atoms with van der Waals surface area (Å²) in [5, 5.41) is 3.13. The standard InChI is InChI=1S/C16H14ClNO3S/c1-21-13-6-12(8-18-10-20)16(14(17)7-13)22-15-5-3-2-4-11(15)9-19/h2-7,9-10H,8H2,1H3,(H,18,20). The number of hydrogen-bond donors (Lipinski definition) is 1. The highest BCUT2D eigenvalue weighted by molar-refractivity contribution is 7.99. The highest BCUT2D eigenvalue weighted by Crippen LogP contribution is 2.39. The van der Waals surface area contributed by atoms with E-state index in [4.69, 9.17) is 16.3 Å². The Bertz CT molecular complexity index is 691. The van der Waals surface area contributed by atoms with E-state index in [1.807, 2.05) is 18.2 Å². The maximum absolute atomic E-state index is 11.1. The third-order valence-electron chi connectivity index (χ3n) is 2.96. The Balaban J connectivity index is 2.44. The minimum Gasteiger partial charge on any atom is -0.497 e. The molecule has 2 aromatic rings. The Hall–Kier alpha value is -1.98. The average molecular weight is 336 g/mol. The predicted molar refractivity (Wildman–Crippen MR) is 86.9 cm³/mol. The Labute approximate surface area is 137 Å². The summed E-state index contributed by atoms with van der Waals surface area (Å²) in [6.07, 6.45) is 1.43. The molecule has 0 spiro atoms. The van der Waals surface area contributed by atoms with Crippen LogP contribution in [0.2, 0.25) is 5.02 Å². The lowest BCUT2D eigenvalue weighted by Gasteiger charge is -2.14. The maximum atomic E-state index is 11.1. The number of benzene rings is 2. The molecule has 1 amide bonds. The predicted octanol–water partition coefficient (Wildman–Crippen LogP) is 3.56. The number of rotatable bonds is 7. The fraction of sp³-hybridized carbons (Fsp3) is 0.125. The van der Waals surface area contributed by atoms with Crippen LogP contribution >= 0.6 is 23.4 Å². The van der Waals surface area contributed by atoms with Gasteiger partial charge in [0.25, 0.3) is 0 Å². The number of nitrogens with one attached hydrogen (secondary N) is 1. The number of carbonyl (C=O) groups is 2. The molecule has 0 saturated heterocycles. The van der Waals surface area contributed by atoms with Gasteiger partial charge >= 0.3 is 0 Å². The van der Waals surface area contributed by atoms with E-state index < -0.39 is 0 Å². The molecule has 6 heteroatoms. The molecule has 4 nitrogen and oxygen atoms in total. The SMILES string of the molecule is COc1cc(Cl)c(Sc2ccccc2C=O)c(CNC=O)c1. The Morgan fingerprint density at radius 2 is 2.05 bits per heavy atom. The molecule has 2 aromatic carbocycles. The molecule has 0 aliphatic rings. The number of halogens is 1. The number of aldehydes is 1. The fourth-order valence-corrected chi connectivity index (χ4v) is 3.28. The number of amides is 1. The Morgan fingerprint density at radius 3 is 2.73 bits per heavy atom. The first-order chi connectivity index (χ1) is 10.7. The molecule has 0 saturated carbocycles. The van der Waals surface area contributed by atoms with Crippen LogP contribution in [0, 0.1) is 0 Å². The van der Waals surface area contributed by atoms with Crippen molar-refractivity contribution in [3.8, 4) is 5.75 Å². The van der Waals surface area contributed by atoms with Gasteiger partial charge in [-0.05, 0) is 23.8 Å². The van der Waals surface area contributed by atoms with E-state index >= 15 is 0 Å². The van der Waals surface area contributed by atoms with E-state index in [0.29, 0.717) is 29.3 Å². The molecule has 0 bridgehead atoms. The normalized spacial score (nSPS) is 10.1. The van der Waals surface area contributed by atoms with Crippen LogP contribution in [0.15, 0.2) is 46.2 Å². The molecule has 0 heterocycles. The summed E-state index contributed by atoms with van der Waals surface area (Å²) in [4.78, 5) is 23.3. The van der Waals surface area contributed by atoms with E-state index in [2.05, 4.69) is 5.32 Å². The summed E-state index contributed by atoms with van der Waals surface area (Å²) in [6, 6.07) is 10.8. The first-order valence-corrected chi connectivity index (χ1v) is 7.64. The van der Waals surface area contributed by atoms with Crippen molar-refractivity contribution < 1.29 is 14.3 Å². The van der Waals surface area contributed by atoms with Crippen LogP contribution in [-0.2, 0) is 11.3 Å². The first kappa shape index (κ1) is 16.4. The zero-order valence-electron chi connectivity index (χ0n) is 11.8. The molecular formula is C16H14ClNO3S. The van der Waals surface area contributed by atoms with Gasteiger partial charge in [-0.25, -0.2) is 0 Å². The van der Waals surface area contributed by atoms with Crippen molar-refractivity contribution in [2.75, 3.05) is 7.11 Å². The van der Waals surface area contributed by atoms with Gasteiger partial charge in [-0.1, -0.05) is 41.6 Å². The van der Waals surface area contributed by atoms with Gasteiger partial charge < -0.3 is 10.1 Å². The summed E-state index contributed by atoms with van der Waals surface area (Å²) in [5.41, 5.74) is 1.41. The van der Waals surface area contributed by atoms with Crippen molar-refractivity contribution in [3.05, 3.63) is 52.5 Å². The van der Waals surface area contributed by atoms with Crippen LogP contribution in [0.3, 0.4) is 0 Å². The van der Waals surface area contributed by atoms with Crippen molar-refractivity contribution in [3.63, 3.8) is 0 Å². The van der Waals surface area contributed by atoms with Gasteiger partial charge in [0.05, 0.1) is 12.1 Å². The topological polar surface area (TPSA) is 55.4 Å². The highest BCUT2D eigenvalue weighted by Gasteiger charge is 2.13. The zero-order valence-corrected chi connectivity index (χ0v) is 13.4. The zero-order chi connectivity index (χ0) is 15.9. The van der Waals surface area contributed by atoms with Crippen LogP contribution in [0.4, 0.5) is 0 Å². The molecule has 0 aliphatic heterocycles. The third-order valence-corrected chi connectivity index (χ3v) is 4.65. The van der Waals surface area contributed by atoms with Gasteiger partial charge in [0.2, 0.25) is 6.41 Å². The van der Waals surface area contributed by atoms with Crippen molar-refractivity contribution in [1.29, 1.82) is 0 Å². The van der Waals surface area contributed by atoms with Gasteiger partial charge in [-0.3, -0.25) is 9.59 Å². The van der Waals surface area contributed by atoms with Crippen LogP contribution in [0.1, 0.15) is 15.9 Å². The van der Waals surface area contributed by atoms with Crippen LogP contribution in [0.25, 0.3) is 0 Å². The van der Waals surface area contributed by atoms with E-state index in [0.717, 1.165) is 21.6 Å². The second-order valence-electron chi connectivity index (χ2n) is 4.35. The minimum atomic E-state index is 0.325. The van der Waals surface area contributed by atoms with E-state index in [-0.39, 0.29) is 0 Å². The van der Waals surface area contributed by atoms with Crippen molar-refractivity contribution in [2.45, 2.75) is 16.3 Å². The summed E-state index contributed by atoms with van der Waals surface area (Å²) >= 11 is 7.72. The molecular weight excluding hydrogens is 322 g/mol. The summed E-state index contributed by atoms with van der Waals surface area (Å²) < 4.78 is 5.20. The molecule has 0 aliphatic carbocycles. The van der Waals surface area contributed by atoms with Gasteiger partial charge in [0.1, 0.15) is 5.75 Å². The second kappa shape index (κ2) is 7.87. The van der Waals surface area contributed by atoms with Crippen molar-refractivity contribution in [2.24, 2.45) is 0 Å². The molecule has 1 N–H and O–H groups in total. The maximum Gasteiger partial charge on any atom is 0.207 e. The average Bonchev–Trinajstić information content (AvgIpc) is 2.55. The van der Waals surface area contributed by atoms with E-state index in [9.17, 15) is 9.59 Å². The summed E-state index contributed by atoms with van der Waals surface area (Å²) in [7, 11) is 1.55. The minimum absolute atomic E-state index is 0.325. The monoisotopic (exact) mass is 335 g/mol. The van der Waals surface area contributed by atoms with Gasteiger partial charge in [-0.15, -0.1) is 0 Å². The molecule has 2 rings (SSSR count). The molecule has 22 heavy (non-hydrogen) atoms. The van der Waals surface area contributed by atoms with Gasteiger partial charge in [-0.2, -0.15) is 0 Å². The second-order valence-corrected chi connectivity index (χ2v) is 5.81. The summed E-state index contributed by atoms with van der Waals surface area (Å²) in [5.74, 6) is 0.612. The van der Waals surface area contributed by atoms with Crippen molar-refractivity contribution >= 4 is 36.1 Å². The molecule has 0 fully saturated rings.